The summed E-state index contributed by atoms with van der Waals surface area (Å²) in [5, 5.41) is 3.31. The Balaban J connectivity index is 2.08. The van der Waals surface area contributed by atoms with Crippen LogP contribution >= 0.6 is 0 Å². The molecule has 0 aromatic heterocycles. The molecule has 1 aromatic rings. The summed E-state index contributed by atoms with van der Waals surface area (Å²) in [6, 6.07) is 5.59. The minimum atomic E-state index is 0.725. The van der Waals surface area contributed by atoms with Crippen LogP contribution in [0.5, 0.6) is 5.75 Å². The van der Waals surface area contributed by atoms with Crippen molar-refractivity contribution in [1.29, 1.82) is 0 Å². The highest BCUT2D eigenvalue weighted by Crippen LogP contribution is 2.16. The summed E-state index contributed by atoms with van der Waals surface area (Å²) >= 11 is 0. The van der Waals surface area contributed by atoms with E-state index >= 15 is 0 Å². The van der Waals surface area contributed by atoms with Crippen LogP contribution in [0.15, 0.2) is 30.5 Å². The Bertz CT molecular complexity index is 455. The molecule has 0 saturated heterocycles. The number of rotatable bonds is 11. The van der Waals surface area contributed by atoms with Crippen LogP contribution in [0, 0.1) is 6.92 Å². The number of benzene rings is 1. The minimum Gasteiger partial charge on any atom is -0.494 e. The fourth-order valence-corrected chi connectivity index (χ4v) is 2.03. The van der Waals surface area contributed by atoms with Gasteiger partial charge in [-0.05, 0) is 49.9 Å². The van der Waals surface area contributed by atoms with Gasteiger partial charge in [-0.2, -0.15) is 0 Å². The van der Waals surface area contributed by atoms with Crippen LogP contribution in [0.25, 0.3) is 0 Å². The summed E-state index contributed by atoms with van der Waals surface area (Å²) in [6.45, 7) is 9.70. The predicted molar refractivity (Wildman–Crippen MR) is 88.0 cm³/mol. The molecular weight excluding hydrogens is 262 g/mol. The van der Waals surface area contributed by atoms with Gasteiger partial charge in [-0.25, -0.2) is 0 Å². The molecule has 3 nitrogen and oxygen atoms in total. The van der Waals surface area contributed by atoms with Crippen molar-refractivity contribution in [1.82, 2.24) is 5.32 Å². The number of aldehydes is 1. The molecule has 0 saturated carbocycles. The zero-order chi connectivity index (χ0) is 15.5. The number of ether oxygens (including phenoxy) is 1. The Hall–Kier alpha value is -1.77. The largest absolute Gasteiger partial charge is 0.494 e. The lowest BCUT2D eigenvalue weighted by Gasteiger charge is -2.09. The third-order valence-corrected chi connectivity index (χ3v) is 3.51. The third kappa shape index (κ3) is 6.98. The number of hydrogen-bond donors (Lipinski definition) is 1. The first kappa shape index (κ1) is 17.3. The number of aryl methyl sites for hydroxylation is 1. The van der Waals surface area contributed by atoms with E-state index in [9.17, 15) is 4.79 Å². The zero-order valence-corrected chi connectivity index (χ0v) is 13.3. The lowest BCUT2D eigenvalue weighted by atomic mass is 10.1. The highest BCUT2D eigenvalue weighted by molar-refractivity contribution is 5.77. The summed E-state index contributed by atoms with van der Waals surface area (Å²) in [4.78, 5) is 10.7. The van der Waals surface area contributed by atoms with Crippen molar-refractivity contribution in [3.05, 3.63) is 41.6 Å². The Morgan fingerprint density at radius 2 is 2.05 bits per heavy atom. The molecule has 0 aliphatic carbocycles. The molecule has 0 radical (unpaired) electrons. The first-order valence-electron chi connectivity index (χ1n) is 7.77. The van der Waals surface area contributed by atoms with E-state index in [0.717, 1.165) is 54.9 Å². The SMILES string of the molecule is C=C(CC)NCCCCCCOc1ccc(C=O)c(C)c1. The van der Waals surface area contributed by atoms with E-state index in [1.165, 1.54) is 19.3 Å². The second kappa shape index (κ2) is 10.0. The first-order chi connectivity index (χ1) is 10.2. The van der Waals surface area contributed by atoms with Crippen LogP contribution in [0.1, 0.15) is 54.9 Å². The zero-order valence-electron chi connectivity index (χ0n) is 13.3. The van der Waals surface area contributed by atoms with E-state index in [-0.39, 0.29) is 0 Å². The average Bonchev–Trinajstić information content (AvgIpc) is 2.49. The molecule has 1 rings (SSSR count). The van der Waals surface area contributed by atoms with E-state index in [2.05, 4.69) is 18.8 Å². The molecule has 0 unspecified atom stereocenters. The maximum atomic E-state index is 10.7. The number of hydrogen-bond acceptors (Lipinski definition) is 3. The molecule has 0 aliphatic rings. The number of unbranched alkanes of at least 4 members (excludes halogenated alkanes) is 3. The Morgan fingerprint density at radius 1 is 1.29 bits per heavy atom. The molecule has 0 heterocycles. The number of nitrogens with one attached hydrogen (secondary N) is 1. The van der Waals surface area contributed by atoms with Crippen molar-refractivity contribution < 1.29 is 9.53 Å². The summed E-state index contributed by atoms with van der Waals surface area (Å²) in [5.74, 6) is 0.846. The molecule has 116 valence electrons. The van der Waals surface area contributed by atoms with Gasteiger partial charge in [-0.1, -0.05) is 26.3 Å². The number of carbonyl (C=O) groups excluding carboxylic acids is 1. The van der Waals surface area contributed by atoms with Crippen molar-refractivity contribution >= 4 is 6.29 Å². The van der Waals surface area contributed by atoms with Gasteiger partial charge < -0.3 is 10.1 Å². The average molecular weight is 289 g/mol. The van der Waals surface area contributed by atoms with E-state index < -0.39 is 0 Å². The van der Waals surface area contributed by atoms with Crippen molar-refractivity contribution in [2.75, 3.05) is 13.2 Å². The summed E-state index contributed by atoms with van der Waals surface area (Å²) in [7, 11) is 0. The smallest absolute Gasteiger partial charge is 0.150 e. The minimum absolute atomic E-state index is 0.725. The van der Waals surface area contributed by atoms with Crippen LogP contribution in [0.3, 0.4) is 0 Å². The Morgan fingerprint density at radius 3 is 2.71 bits per heavy atom. The van der Waals surface area contributed by atoms with Crippen LogP contribution in [0.2, 0.25) is 0 Å². The van der Waals surface area contributed by atoms with Crippen LogP contribution in [-0.2, 0) is 0 Å². The van der Waals surface area contributed by atoms with Gasteiger partial charge >= 0.3 is 0 Å². The molecule has 0 bridgehead atoms. The molecule has 0 aliphatic heterocycles. The highest BCUT2D eigenvalue weighted by atomic mass is 16.5. The summed E-state index contributed by atoms with van der Waals surface area (Å²) in [6.07, 6.45) is 6.48. The molecule has 0 amide bonds. The standard InChI is InChI=1S/C18H27NO2/c1-4-16(3)19-11-7-5-6-8-12-21-18-10-9-17(14-20)15(2)13-18/h9-10,13-14,19H,3-8,11-12H2,1-2H3. The molecular formula is C18H27NO2. The maximum Gasteiger partial charge on any atom is 0.150 e. The monoisotopic (exact) mass is 289 g/mol. The Kier molecular flexibility index (Phi) is 8.25. The van der Waals surface area contributed by atoms with Crippen LogP contribution in [0.4, 0.5) is 0 Å². The van der Waals surface area contributed by atoms with Gasteiger partial charge in [0.15, 0.2) is 0 Å². The van der Waals surface area contributed by atoms with Gasteiger partial charge in [0.05, 0.1) is 6.61 Å². The molecule has 0 atom stereocenters. The third-order valence-electron chi connectivity index (χ3n) is 3.51. The van der Waals surface area contributed by atoms with Gasteiger partial charge in [-0.3, -0.25) is 4.79 Å². The van der Waals surface area contributed by atoms with Crippen molar-refractivity contribution in [3.8, 4) is 5.75 Å². The van der Waals surface area contributed by atoms with E-state index in [0.29, 0.717) is 0 Å². The van der Waals surface area contributed by atoms with Crippen molar-refractivity contribution in [2.24, 2.45) is 0 Å². The second-order valence-electron chi connectivity index (χ2n) is 5.28. The molecule has 0 spiro atoms. The normalized spacial score (nSPS) is 10.2. The van der Waals surface area contributed by atoms with Crippen LogP contribution in [-0.4, -0.2) is 19.4 Å². The van der Waals surface area contributed by atoms with Gasteiger partial charge in [0.25, 0.3) is 0 Å². The second-order valence-corrected chi connectivity index (χ2v) is 5.28. The molecule has 3 heteroatoms. The van der Waals surface area contributed by atoms with Gasteiger partial charge in [0.2, 0.25) is 0 Å². The Labute approximate surface area is 128 Å². The van der Waals surface area contributed by atoms with Crippen molar-refractivity contribution in [2.45, 2.75) is 46.0 Å². The molecule has 21 heavy (non-hydrogen) atoms. The molecule has 1 aromatic carbocycles. The van der Waals surface area contributed by atoms with Gasteiger partial charge in [0, 0.05) is 17.8 Å². The maximum absolute atomic E-state index is 10.7. The fourth-order valence-electron chi connectivity index (χ4n) is 2.03. The quantitative estimate of drug-likeness (QED) is 0.488. The number of carbonyl (C=O) groups is 1. The topological polar surface area (TPSA) is 38.3 Å². The van der Waals surface area contributed by atoms with Gasteiger partial charge in [-0.15, -0.1) is 0 Å². The summed E-state index contributed by atoms with van der Waals surface area (Å²) in [5.41, 5.74) is 2.81. The highest BCUT2D eigenvalue weighted by Gasteiger charge is 2.00. The lowest BCUT2D eigenvalue weighted by molar-refractivity contribution is 0.112. The van der Waals surface area contributed by atoms with E-state index in [4.69, 9.17) is 4.74 Å². The fraction of sp³-hybridized carbons (Fsp3) is 0.500. The molecule has 0 fully saturated rings. The predicted octanol–water partition coefficient (Wildman–Crippen LogP) is 4.26. The van der Waals surface area contributed by atoms with E-state index in [1.54, 1.807) is 0 Å². The van der Waals surface area contributed by atoms with Crippen LogP contribution < -0.4 is 10.1 Å². The van der Waals surface area contributed by atoms with Crippen molar-refractivity contribution in [3.63, 3.8) is 0 Å². The van der Waals surface area contributed by atoms with Gasteiger partial charge in [0.1, 0.15) is 12.0 Å². The molecule has 1 N–H and O–H groups in total. The lowest BCUT2D eigenvalue weighted by Crippen LogP contribution is -2.13. The number of allylic oxidation sites excluding steroid dienone is 1. The summed E-state index contributed by atoms with van der Waals surface area (Å²) < 4.78 is 5.70. The van der Waals surface area contributed by atoms with E-state index in [1.807, 2.05) is 25.1 Å². The first-order valence-corrected chi connectivity index (χ1v) is 7.77.